The molecule has 2 aromatic carbocycles. The molecule has 0 aliphatic rings. The van der Waals surface area contributed by atoms with Gasteiger partial charge in [0.2, 0.25) is 0 Å². The van der Waals surface area contributed by atoms with Gasteiger partial charge in [0.25, 0.3) is 0 Å². The fraction of sp³-hybridized carbons (Fsp3) is 0.333. The van der Waals surface area contributed by atoms with Crippen molar-refractivity contribution < 1.29 is 9.53 Å². The lowest BCUT2D eigenvalue weighted by Gasteiger charge is -2.18. The highest BCUT2D eigenvalue weighted by atomic mass is 16.5. The normalized spacial score (nSPS) is 10.8. The molecule has 2 amide bonds. The van der Waals surface area contributed by atoms with Crippen molar-refractivity contribution in [3.63, 3.8) is 0 Å². The van der Waals surface area contributed by atoms with Crippen LogP contribution in [0.3, 0.4) is 0 Å². The Morgan fingerprint density at radius 3 is 2.67 bits per heavy atom. The van der Waals surface area contributed by atoms with E-state index in [1.165, 1.54) is 0 Å². The first-order chi connectivity index (χ1) is 13.1. The van der Waals surface area contributed by atoms with Crippen molar-refractivity contribution in [2.75, 3.05) is 20.2 Å². The van der Waals surface area contributed by atoms with Crippen LogP contribution in [0.4, 0.5) is 4.79 Å². The molecule has 0 atom stereocenters. The second-order valence-corrected chi connectivity index (χ2v) is 6.46. The van der Waals surface area contributed by atoms with Crippen LogP contribution in [-0.2, 0) is 13.1 Å². The van der Waals surface area contributed by atoms with Gasteiger partial charge in [0.15, 0.2) is 0 Å². The maximum Gasteiger partial charge on any atom is 0.317 e. The van der Waals surface area contributed by atoms with Crippen molar-refractivity contribution in [3.05, 3.63) is 59.9 Å². The molecule has 0 radical (unpaired) electrons. The number of rotatable bonds is 7. The van der Waals surface area contributed by atoms with Crippen LogP contribution in [0.2, 0.25) is 0 Å². The van der Waals surface area contributed by atoms with Crippen molar-refractivity contribution in [2.24, 2.45) is 0 Å². The summed E-state index contributed by atoms with van der Waals surface area (Å²) in [6.07, 6.45) is 0. The molecule has 0 aliphatic heterocycles. The number of carbonyl (C=O) groups excluding carboxylic acids is 1. The largest absolute Gasteiger partial charge is 0.494 e. The monoisotopic (exact) mass is 366 g/mol. The van der Waals surface area contributed by atoms with Gasteiger partial charge in [0.05, 0.1) is 17.6 Å². The van der Waals surface area contributed by atoms with Gasteiger partial charge >= 0.3 is 6.03 Å². The van der Waals surface area contributed by atoms with Crippen LogP contribution in [0.15, 0.2) is 48.5 Å². The summed E-state index contributed by atoms with van der Waals surface area (Å²) in [5.74, 6) is 1.80. The average Bonchev–Trinajstić information content (AvgIpc) is 2.99. The van der Waals surface area contributed by atoms with Crippen LogP contribution in [0, 0.1) is 6.92 Å². The van der Waals surface area contributed by atoms with Crippen molar-refractivity contribution in [3.8, 4) is 5.75 Å². The lowest BCUT2D eigenvalue weighted by molar-refractivity contribution is 0.206. The van der Waals surface area contributed by atoms with Gasteiger partial charge in [-0.1, -0.05) is 24.3 Å². The Labute approximate surface area is 159 Å². The maximum absolute atomic E-state index is 12.4. The number of nitrogens with one attached hydrogen (secondary N) is 1. The predicted molar refractivity (Wildman–Crippen MR) is 107 cm³/mol. The first-order valence-corrected chi connectivity index (χ1v) is 9.21. The zero-order chi connectivity index (χ0) is 19.2. The number of hydrogen-bond acceptors (Lipinski definition) is 3. The number of imidazole rings is 1. The fourth-order valence-electron chi connectivity index (χ4n) is 3.09. The summed E-state index contributed by atoms with van der Waals surface area (Å²) < 4.78 is 7.57. The molecule has 142 valence electrons. The van der Waals surface area contributed by atoms with Gasteiger partial charge < -0.3 is 19.5 Å². The second kappa shape index (κ2) is 8.58. The van der Waals surface area contributed by atoms with Crippen LogP contribution in [-0.4, -0.2) is 40.7 Å². The molecule has 0 unspecified atom stereocenters. The van der Waals surface area contributed by atoms with Gasteiger partial charge in [-0.25, -0.2) is 9.78 Å². The van der Waals surface area contributed by atoms with Crippen LogP contribution >= 0.6 is 0 Å². The second-order valence-electron chi connectivity index (χ2n) is 6.46. The Morgan fingerprint density at radius 2 is 1.93 bits per heavy atom. The van der Waals surface area contributed by atoms with E-state index in [1.807, 2.05) is 56.3 Å². The molecule has 3 aromatic rings. The predicted octanol–water partition coefficient (Wildman–Crippen LogP) is 3.59. The quantitative estimate of drug-likeness (QED) is 0.695. The Balaban J connectivity index is 1.51. The van der Waals surface area contributed by atoms with Crippen LogP contribution in [0.1, 0.15) is 18.3 Å². The van der Waals surface area contributed by atoms with Gasteiger partial charge in [0.1, 0.15) is 11.6 Å². The van der Waals surface area contributed by atoms with Crippen molar-refractivity contribution in [1.29, 1.82) is 0 Å². The van der Waals surface area contributed by atoms with Crippen molar-refractivity contribution in [2.45, 2.75) is 26.9 Å². The molecule has 27 heavy (non-hydrogen) atoms. The average molecular weight is 366 g/mol. The van der Waals surface area contributed by atoms with E-state index in [9.17, 15) is 4.79 Å². The highest BCUT2D eigenvalue weighted by Crippen LogP contribution is 2.15. The number of aromatic nitrogens is 2. The Morgan fingerprint density at radius 1 is 1.19 bits per heavy atom. The molecule has 0 saturated carbocycles. The Bertz CT molecular complexity index is 902. The minimum absolute atomic E-state index is 0.0917. The number of para-hydroxylation sites is 2. The number of hydrogen-bond donors (Lipinski definition) is 1. The van der Waals surface area contributed by atoms with Gasteiger partial charge in [-0.3, -0.25) is 0 Å². The lowest BCUT2D eigenvalue weighted by atomic mass is 10.2. The molecule has 0 saturated heterocycles. The van der Waals surface area contributed by atoms with E-state index < -0.39 is 0 Å². The summed E-state index contributed by atoms with van der Waals surface area (Å²) in [5, 5.41) is 2.98. The number of fused-ring (bicyclic) bond motifs is 1. The zero-order valence-electron chi connectivity index (χ0n) is 16.1. The molecular weight excluding hydrogens is 340 g/mol. The van der Waals surface area contributed by atoms with Gasteiger partial charge in [-0.2, -0.15) is 0 Å². The van der Waals surface area contributed by atoms with Crippen LogP contribution < -0.4 is 10.1 Å². The molecule has 6 heteroatoms. The van der Waals surface area contributed by atoms with E-state index in [2.05, 4.69) is 20.9 Å². The standard InChI is InChI=1S/C21H26N4O2/c1-4-27-18-11-9-17(10-12-18)15-24(3)21(26)22-13-14-25-16(2)23-19-7-5-6-8-20(19)25/h5-12H,4,13-15H2,1-3H3,(H,22,26). The summed E-state index contributed by atoms with van der Waals surface area (Å²) >= 11 is 0. The van der Waals surface area contributed by atoms with Crippen molar-refractivity contribution in [1.82, 2.24) is 19.8 Å². The van der Waals surface area contributed by atoms with E-state index in [0.29, 0.717) is 26.2 Å². The third-order valence-electron chi connectivity index (χ3n) is 4.46. The molecule has 0 aliphatic carbocycles. The van der Waals surface area contributed by atoms with Gasteiger partial charge in [0, 0.05) is 26.7 Å². The number of benzene rings is 2. The summed E-state index contributed by atoms with van der Waals surface area (Å²) in [6.45, 7) is 6.38. The molecule has 1 heterocycles. The molecule has 0 spiro atoms. The van der Waals surface area contributed by atoms with Crippen molar-refractivity contribution >= 4 is 17.1 Å². The molecule has 3 rings (SSSR count). The molecular formula is C21H26N4O2. The Kier molecular flexibility index (Phi) is 5.96. The number of aryl methyl sites for hydroxylation is 1. The molecule has 6 nitrogen and oxygen atoms in total. The number of carbonyl (C=O) groups is 1. The first kappa shape index (κ1) is 18.8. The minimum atomic E-state index is -0.0917. The van der Waals surface area contributed by atoms with Crippen LogP contribution in [0.5, 0.6) is 5.75 Å². The molecule has 0 fully saturated rings. The zero-order valence-corrected chi connectivity index (χ0v) is 16.1. The molecule has 0 bridgehead atoms. The van der Waals surface area contributed by atoms with E-state index in [-0.39, 0.29) is 6.03 Å². The summed E-state index contributed by atoms with van der Waals surface area (Å²) in [6, 6.07) is 15.8. The first-order valence-electron chi connectivity index (χ1n) is 9.21. The summed E-state index contributed by atoms with van der Waals surface area (Å²) in [7, 11) is 1.80. The topological polar surface area (TPSA) is 59.4 Å². The van der Waals surface area contributed by atoms with Crippen LogP contribution in [0.25, 0.3) is 11.0 Å². The number of amides is 2. The Hall–Kier alpha value is -3.02. The minimum Gasteiger partial charge on any atom is -0.494 e. The SMILES string of the molecule is CCOc1ccc(CN(C)C(=O)NCCn2c(C)nc3ccccc32)cc1. The highest BCUT2D eigenvalue weighted by Gasteiger charge is 2.10. The summed E-state index contributed by atoms with van der Waals surface area (Å²) in [5.41, 5.74) is 3.13. The lowest BCUT2D eigenvalue weighted by Crippen LogP contribution is -2.38. The van der Waals surface area contributed by atoms with E-state index >= 15 is 0 Å². The number of nitrogens with zero attached hydrogens (tertiary/aromatic N) is 3. The van der Waals surface area contributed by atoms with E-state index in [0.717, 1.165) is 28.2 Å². The third kappa shape index (κ3) is 4.58. The van der Waals surface area contributed by atoms with E-state index in [4.69, 9.17) is 4.74 Å². The third-order valence-corrected chi connectivity index (χ3v) is 4.46. The van der Waals surface area contributed by atoms with Gasteiger partial charge in [-0.05, 0) is 43.7 Å². The summed E-state index contributed by atoms with van der Waals surface area (Å²) in [4.78, 5) is 18.6. The highest BCUT2D eigenvalue weighted by molar-refractivity contribution is 5.76. The van der Waals surface area contributed by atoms with E-state index in [1.54, 1.807) is 11.9 Å². The molecule has 1 aromatic heterocycles. The maximum atomic E-state index is 12.4. The van der Waals surface area contributed by atoms with Gasteiger partial charge in [-0.15, -0.1) is 0 Å². The molecule has 1 N–H and O–H groups in total. The smallest absolute Gasteiger partial charge is 0.317 e. The number of ether oxygens (including phenoxy) is 1. The fourth-order valence-corrected chi connectivity index (χ4v) is 3.09. The number of urea groups is 1.